The number of carbonyl (C=O) groups excluding carboxylic acids is 1. The molecule has 0 fully saturated rings. The van der Waals surface area contributed by atoms with Crippen molar-refractivity contribution in [3.8, 4) is 0 Å². The number of ether oxygens (including phenoxy) is 1. The summed E-state index contributed by atoms with van der Waals surface area (Å²) in [5.74, 6) is -0.433. The second-order valence-corrected chi connectivity index (χ2v) is 6.13. The number of carbonyl (C=O) groups is 1. The minimum Gasteiger partial charge on any atom is -0.462 e. The predicted octanol–water partition coefficient (Wildman–Crippen LogP) is 2.22. The van der Waals surface area contributed by atoms with Crippen molar-refractivity contribution >= 4 is 33.3 Å². The van der Waals surface area contributed by atoms with E-state index in [0.717, 1.165) is 0 Å². The lowest BCUT2D eigenvalue weighted by molar-refractivity contribution is 0.0526. The van der Waals surface area contributed by atoms with Crippen LogP contribution in [0.3, 0.4) is 0 Å². The summed E-state index contributed by atoms with van der Waals surface area (Å²) in [6, 6.07) is 6.17. The van der Waals surface area contributed by atoms with Gasteiger partial charge in [-0.15, -0.1) is 11.6 Å². The molecule has 5 nitrogen and oxygen atoms in total. The standard InChI is InChI=1S/C12H16ClNO4S/c1-3-14(19(16,17)9-13)11-7-5-10(6-8-11)12(15)18-4-2/h5-8H,3-4,9H2,1-2H3. The van der Waals surface area contributed by atoms with Crippen LogP contribution < -0.4 is 4.31 Å². The Morgan fingerprint density at radius 1 is 1.26 bits per heavy atom. The maximum atomic E-state index is 11.8. The van der Waals surface area contributed by atoms with Gasteiger partial charge in [0.05, 0.1) is 17.9 Å². The highest BCUT2D eigenvalue weighted by Crippen LogP contribution is 2.19. The van der Waals surface area contributed by atoms with Gasteiger partial charge in [0, 0.05) is 6.54 Å². The highest BCUT2D eigenvalue weighted by molar-refractivity contribution is 7.93. The average Bonchev–Trinajstić information content (AvgIpc) is 2.40. The molecule has 0 aliphatic rings. The van der Waals surface area contributed by atoms with Gasteiger partial charge in [0.25, 0.3) is 0 Å². The molecule has 0 N–H and O–H groups in total. The number of esters is 1. The fourth-order valence-corrected chi connectivity index (χ4v) is 2.88. The molecule has 0 bridgehead atoms. The van der Waals surface area contributed by atoms with Crippen LogP contribution in [0.1, 0.15) is 24.2 Å². The molecule has 0 saturated carbocycles. The fraction of sp³-hybridized carbons (Fsp3) is 0.417. The Morgan fingerprint density at radius 2 is 1.84 bits per heavy atom. The summed E-state index contributed by atoms with van der Waals surface area (Å²) in [4.78, 5) is 11.5. The zero-order valence-corrected chi connectivity index (χ0v) is 12.4. The van der Waals surface area contributed by atoms with Gasteiger partial charge in [0.2, 0.25) is 10.0 Å². The first-order chi connectivity index (χ1) is 8.96. The van der Waals surface area contributed by atoms with Crippen LogP contribution in [0.15, 0.2) is 24.3 Å². The van der Waals surface area contributed by atoms with Crippen molar-refractivity contribution in [1.82, 2.24) is 0 Å². The summed E-state index contributed by atoms with van der Waals surface area (Å²) >= 11 is 5.44. The molecular formula is C12H16ClNO4S. The monoisotopic (exact) mass is 305 g/mol. The van der Waals surface area contributed by atoms with E-state index in [4.69, 9.17) is 16.3 Å². The normalized spacial score (nSPS) is 11.1. The first kappa shape index (κ1) is 15.8. The van der Waals surface area contributed by atoms with Crippen molar-refractivity contribution in [2.24, 2.45) is 0 Å². The zero-order chi connectivity index (χ0) is 14.5. The molecule has 1 aromatic rings. The number of hydrogen-bond acceptors (Lipinski definition) is 4. The van der Waals surface area contributed by atoms with Crippen molar-refractivity contribution in [3.63, 3.8) is 0 Å². The van der Waals surface area contributed by atoms with E-state index in [1.54, 1.807) is 26.0 Å². The number of sulfonamides is 1. The van der Waals surface area contributed by atoms with Gasteiger partial charge in [-0.05, 0) is 38.1 Å². The number of anilines is 1. The molecule has 0 unspecified atom stereocenters. The molecule has 19 heavy (non-hydrogen) atoms. The summed E-state index contributed by atoms with van der Waals surface area (Å²) in [5, 5.41) is -0.486. The highest BCUT2D eigenvalue weighted by Gasteiger charge is 2.20. The highest BCUT2D eigenvalue weighted by atomic mass is 35.5. The molecule has 106 valence electrons. The van der Waals surface area contributed by atoms with E-state index in [2.05, 4.69) is 0 Å². The SMILES string of the molecule is CCOC(=O)c1ccc(N(CC)S(=O)(=O)CCl)cc1. The van der Waals surface area contributed by atoms with E-state index in [0.29, 0.717) is 17.9 Å². The molecule has 0 heterocycles. The summed E-state index contributed by atoms with van der Waals surface area (Å²) in [6.45, 7) is 4.00. The van der Waals surface area contributed by atoms with Gasteiger partial charge < -0.3 is 4.74 Å². The van der Waals surface area contributed by atoms with Crippen LogP contribution in [0, 0.1) is 0 Å². The largest absolute Gasteiger partial charge is 0.462 e. The van der Waals surface area contributed by atoms with Crippen LogP contribution in [-0.4, -0.2) is 32.8 Å². The van der Waals surface area contributed by atoms with Crippen LogP contribution in [0.5, 0.6) is 0 Å². The van der Waals surface area contributed by atoms with Crippen molar-refractivity contribution in [1.29, 1.82) is 0 Å². The van der Waals surface area contributed by atoms with Crippen molar-refractivity contribution in [2.45, 2.75) is 13.8 Å². The van der Waals surface area contributed by atoms with E-state index >= 15 is 0 Å². The maximum absolute atomic E-state index is 11.8. The predicted molar refractivity (Wildman–Crippen MR) is 75.1 cm³/mol. The molecular weight excluding hydrogens is 290 g/mol. The number of halogens is 1. The first-order valence-electron chi connectivity index (χ1n) is 5.79. The molecule has 0 aliphatic carbocycles. The van der Waals surface area contributed by atoms with Gasteiger partial charge >= 0.3 is 5.97 Å². The molecule has 0 radical (unpaired) electrons. The Bertz CT molecular complexity index is 527. The topological polar surface area (TPSA) is 63.7 Å². The molecule has 0 saturated heterocycles. The minimum absolute atomic E-state index is 0.272. The smallest absolute Gasteiger partial charge is 0.338 e. The lowest BCUT2D eigenvalue weighted by Crippen LogP contribution is -2.31. The maximum Gasteiger partial charge on any atom is 0.338 e. The molecule has 0 spiro atoms. The molecule has 0 atom stereocenters. The number of alkyl halides is 1. The quantitative estimate of drug-likeness (QED) is 0.597. The molecule has 0 aliphatic heterocycles. The first-order valence-corrected chi connectivity index (χ1v) is 7.94. The van der Waals surface area contributed by atoms with Crippen LogP contribution in [0.25, 0.3) is 0 Å². The Kier molecular flexibility index (Phi) is 5.62. The zero-order valence-electron chi connectivity index (χ0n) is 10.8. The minimum atomic E-state index is -3.52. The van der Waals surface area contributed by atoms with E-state index in [-0.39, 0.29) is 6.54 Å². The second kappa shape index (κ2) is 6.77. The van der Waals surface area contributed by atoms with Crippen molar-refractivity contribution in [2.75, 3.05) is 22.7 Å². The van der Waals surface area contributed by atoms with Gasteiger partial charge in [-0.2, -0.15) is 0 Å². The average molecular weight is 306 g/mol. The third kappa shape index (κ3) is 3.84. The number of benzene rings is 1. The van der Waals surface area contributed by atoms with Crippen LogP contribution in [0.4, 0.5) is 5.69 Å². The number of nitrogens with zero attached hydrogens (tertiary/aromatic N) is 1. The number of rotatable bonds is 6. The number of hydrogen-bond donors (Lipinski definition) is 0. The van der Waals surface area contributed by atoms with Gasteiger partial charge in [0.15, 0.2) is 0 Å². The van der Waals surface area contributed by atoms with Gasteiger partial charge in [-0.25, -0.2) is 13.2 Å². The molecule has 0 aromatic heterocycles. The van der Waals surface area contributed by atoms with E-state index in [9.17, 15) is 13.2 Å². The summed E-state index contributed by atoms with van der Waals surface area (Å²) in [7, 11) is -3.52. The third-order valence-electron chi connectivity index (χ3n) is 2.43. The van der Waals surface area contributed by atoms with Crippen LogP contribution in [0.2, 0.25) is 0 Å². The second-order valence-electron chi connectivity index (χ2n) is 3.65. The Hall–Kier alpha value is -1.27. The molecule has 1 rings (SSSR count). The summed E-state index contributed by atoms with van der Waals surface area (Å²) < 4.78 is 29.5. The Labute approximate surface area is 118 Å². The van der Waals surface area contributed by atoms with Crippen molar-refractivity contribution < 1.29 is 17.9 Å². The van der Waals surface area contributed by atoms with Gasteiger partial charge in [-0.3, -0.25) is 4.31 Å². The third-order valence-corrected chi connectivity index (χ3v) is 4.67. The van der Waals surface area contributed by atoms with E-state index < -0.39 is 21.2 Å². The van der Waals surface area contributed by atoms with Crippen molar-refractivity contribution in [3.05, 3.63) is 29.8 Å². The molecule has 7 heteroatoms. The Morgan fingerprint density at radius 3 is 2.26 bits per heavy atom. The van der Waals surface area contributed by atoms with Gasteiger partial charge in [-0.1, -0.05) is 0 Å². The summed E-state index contributed by atoms with van der Waals surface area (Å²) in [6.07, 6.45) is 0. The molecule has 0 amide bonds. The Balaban J connectivity index is 3.00. The van der Waals surface area contributed by atoms with Crippen LogP contribution in [-0.2, 0) is 14.8 Å². The molecule has 1 aromatic carbocycles. The van der Waals surface area contributed by atoms with Crippen LogP contribution >= 0.6 is 11.6 Å². The fourth-order valence-electron chi connectivity index (χ4n) is 1.58. The lowest BCUT2D eigenvalue weighted by Gasteiger charge is -2.21. The van der Waals surface area contributed by atoms with E-state index in [1.807, 2.05) is 0 Å². The summed E-state index contributed by atoms with van der Waals surface area (Å²) in [5.41, 5.74) is 0.848. The lowest BCUT2D eigenvalue weighted by atomic mass is 10.2. The van der Waals surface area contributed by atoms with E-state index in [1.165, 1.54) is 16.4 Å². The van der Waals surface area contributed by atoms with Gasteiger partial charge in [0.1, 0.15) is 5.21 Å².